The first kappa shape index (κ1) is 16.2. The molecule has 1 aromatic rings. The zero-order valence-corrected chi connectivity index (χ0v) is 13.6. The maximum atomic E-state index is 5.93. The van der Waals surface area contributed by atoms with Gasteiger partial charge in [0.25, 0.3) is 0 Å². The molecular formula is C16H27N3O2. The van der Waals surface area contributed by atoms with Crippen molar-refractivity contribution in [3.05, 3.63) is 17.5 Å². The van der Waals surface area contributed by atoms with Crippen LogP contribution in [0.4, 0.5) is 0 Å². The predicted molar refractivity (Wildman–Crippen MR) is 82.4 cm³/mol. The summed E-state index contributed by atoms with van der Waals surface area (Å²) in [5, 5.41) is 3.37. The molecule has 5 nitrogen and oxygen atoms in total. The van der Waals surface area contributed by atoms with Crippen LogP contribution < -0.4 is 10.1 Å². The molecule has 1 N–H and O–H groups in total. The van der Waals surface area contributed by atoms with Gasteiger partial charge in [0.15, 0.2) is 0 Å². The van der Waals surface area contributed by atoms with E-state index >= 15 is 0 Å². The van der Waals surface area contributed by atoms with Crippen LogP contribution in [0.3, 0.4) is 0 Å². The molecule has 1 fully saturated rings. The fraction of sp³-hybridized carbons (Fsp3) is 0.750. The molecule has 2 rings (SSSR count). The zero-order chi connectivity index (χ0) is 15.2. The Bertz CT molecular complexity index is 443. The van der Waals surface area contributed by atoms with Gasteiger partial charge in [-0.2, -0.15) is 0 Å². The van der Waals surface area contributed by atoms with Crippen LogP contribution in [0.15, 0.2) is 6.20 Å². The van der Waals surface area contributed by atoms with E-state index in [9.17, 15) is 0 Å². The first-order chi connectivity index (χ1) is 10.1. The fourth-order valence-corrected chi connectivity index (χ4v) is 2.69. The van der Waals surface area contributed by atoms with E-state index in [0.717, 1.165) is 43.6 Å². The number of aromatic nitrogens is 2. The van der Waals surface area contributed by atoms with Gasteiger partial charge in [0.1, 0.15) is 6.10 Å². The van der Waals surface area contributed by atoms with Crippen LogP contribution in [-0.4, -0.2) is 34.8 Å². The molecule has 0 saturated carbocycles. The molecule has 1 aliphatic heterocycles. The molecule has 1 aliphatic rings. The minimum atomic E-state index is 0.146. The van der Waals surface area contributed by atoms with Crippen molar-refractivity contribution in [2.24, 2.45) is 0 Å². The third kappa shape index (κ3) is 4.93. The number of ether oxygens (including phenoxy) is 2. The summed E-state index contributed by atoms with van der Waals surface area (Å²) in [6, 6.07) is 0.484. The van der Waals surface area contributed by atoms with Crippen LogP contribution in [0, 0.1) is 6.92 Å². The topological polar surface area (TPSA) is 56.3 Å². The molecule has 1 saturated heterocycles. The average molecular weight is 293 g/mol. The van der Waals surface area contributed by atoms with Crippen molar-refractivity contribution in [3.63, 3.8) is 0 Å². The van der Waals surface area contributed by atoms with Gasteiger partial charge in [0.05, 0.1) is 12.2 Å². The molecular weight excluding hydrogens is 266 g/mol. The Hall–Kier alpha value is -1.20. The van der Waals surface area contributed by atoms with E-state index in [4.69, 9.17) is 9.47 Å². The molecule has 0 radical (unpaired) electrons. The Morgan fingerprint density at radius 1 is 1.33 bits per heavy atom. The monoisotopic (exact) mass is 293 g/mol. The molecule has 5 heteroatoms. The molecule has 21 heavy (non-hydrogen) atoms. The molecule has 0 aliphatic carbocycles. The van der Waals surface area contributed by atoms with Gasteiger partial charge in [-0.05, 0) is 33.7 Å². The first-order valence-electron chi connectivity index (χ1n) is 7.93. The van der Waals surface area contributed by atoms with Gasteiger partial charge in [0, 0.05) is 36.8 Å². The summed E-state index contributed by atoms with van der Waals surface area (Å²) in [4.78, 5) is 8.83. The second-order valence-corrected chi connectivity index (χ2v) is 5.91. The van der Waals surface area contributed by atoms with Crippen LogP contribution >= 0.6 is 0 Å². The summed E-state index contributed by atoms with van der Waals surface area (Å²) in [7, 11) is 0. The number of aryl methyl sites for hydroxylation is 1. The normalized spacial score (nSPS) is 25.8. The minimum absolute atomic E-state index is 0.146. The standard InChI is InChI=1S/C16H27N3O2/c1-5-6-17-9-14-10-18-16(19-13(14)4)21-15-7-11(2)20-12(3)8-15/h10-12,15,17H,5-9H2,1-4H3. The van der Waals surface area contributed by atoms with Crippen molar-refractivity contribution in [2.75, 3.05) is 6.54 Å². The van der Waals surface area contributed by atoms with Crippen molar-refractivity contribution in [2.45, 2.75) is 71.8 Å². The summed E-state index contributed by atoms with van der Waals surface area (Å²) >= 11 is 0. The number of hydrogen-bond donors (Lipinski definition) is 1. The highest BCUT2D eigenvalue weighted by molar-refractivity contribution is 5.17. The molecule has 0 aromatic carbocycles. The third-order valence-corrected chi connectivity index (χ3v) is 3.73. The summed E-state index contributed by atoms with van der Waals surface area (Å²) in [5.74, 6) is 0. The molecule has 0 bridgehead atoms. The highest BCUT2D eigenvalue weighted by atomic mass is 16.5. The van der Waals surface area contributed by atoms with E-state index in [0.29, 0.717) is 6.01 Å². The minimum Gasteiger partial charge on any atom is -0.460 e. The lowest BCUT2D eigenvalue weighted by molar-refractivity contribution is -0.0739. The van der Waals surface area contributed by atoms with Gasteiger partial charge < -0.3 is 14.8 Å². The quantitative estimate of drug-likeness (QED) is 0.817. The van der Waals surface area contributed by atoms with Gasteiger partial charge >= 0.3 is 6.01 Å². The molecule has 0 amide bonds. The van der Waals surface area contributed by atoms with Gasteiger partial charge in [-0.25, -0.2) is 9.97 Å². The average Bonchev–Trinajstić information content (AvgIpc) is 2.40. The lowest BCUT2D eigenvalue weighted by Gasteiger charge is -2.31. The Labute approximate surface area is 127 Å². The van der Waals surface area contributed by atoms with Crippen molar-refractivity contribution in [1.29, 1.82) is 0 Å². The highest BCUT2D eigenvalue weighted by Gasteiger charge is 2.26. The predicted octanol–water partition coefficient (Wildman–Crippen LogP) is 2.62. The van der Waals surface area contributed by atoms with E-state index in [2.05, 4.69) is 36.1 Å². The summed E-state index contributed by atoms with van der Waals surface area (Å²) in [5.41, 5.74) is 2.11. The summed E-state index contributed by atoms with van der Waals surface area (Å²) in [6.45, 7) is 10.2. The van der Waals surface area contributed by atoms with Crippen LogP contribution in [0.1, 0.15) is 51.3 Å². The largest absolute Gasteiger partial charge is 0.460 e. The highest BCUT2D eigenvalue weighted by Crippen LogP contribution is 2.22. The van der Waals surface area contributed by atoms with Gasteiger partial charge in [-0.1, -0.05) is 6.92 Å². The third-order valence-electron chi connectivity index (χ3n) is 3.73. The molecule has 2 heterocycles. The molecule has 1 aromatic heterocycles. The smallest absolute Gasteiger partial charge is 0.316 e. The van der Waals surface area contributed by atoms with E-state index in [1.54, 1.807) is 0 Å². The van der Waals surface area contributed by atoms with Gasteiger partial charge in [-0.3, -0.25) is 0 Å². The Morgan fingerprint density at radius 2 is 2.05 bits per heavy atom. The van der Waals surface area contributed by atoms with Crippen molar-refractivity contribution < 1.29 is 9.47 Å². The van der Waals surface area contributed by atoms with Crippen molar-refractivity contribution in [1.82, 2.24) is 15.3 Å². The SMILES string of the molecule is CCCNCc1cnc(OC2CC(C)OC(C)C2)nc1C. The Morgan fingerprint density at radius 3 is 2.67 bits per heavy atom. The van der Waals surface area contributed by atoms with E-state index < -0.39 is 0 Å². The van der Waals surface area contributed by atoms with Gasteiger partial charge in [0.2, 0.25) is 0 Å². The van der Waals surface area contributed by atoms with Crippen LogP contribution in [0.25, 0.3) is 0 Å². The Kier molecular flexibility index (Phi) is 5.94. The molecule has 118 valence electrons. The molecule has 2 unspecified atom stereocenters. The Balaban J connectivity index is 1.93. The van der Waals surface area contributed by atoms with Crippen LogP contribution in [0.2, 0.25) is 0 Å². The number of hydrogen-bond acceptors (Lipinski definition) is 5. The number of nitrogens with one attached hydrogen (secondary N) is 1. The van der Waals surface area contributed by atoms with Crippen molar-refractivity contribution >= 4 is 0 Å². The van der Waals surface area contributed by atoms with Crippen LogP contribution in [0.5, 0.6) is 6.01 Å². The van der Waals surface area contributed by atoms with E-state index in [1.165, 1.54) is 0 Å². The lowest BCUT2D eigenvalue weighted by atomic mass is 10.0. The summed E-state index contributed by atoms with van der Waals surface area (Å²) in [6.07, 6.45) is 5.40. The molecule has 0 spiro atoms. The first-order valence-corrected chi connectivity index (χ1v) is 7.93. The van der Waals surface area contributed by atoms with E-state index in [-0.39, 0.29) is 18.3 Å². The lowest BCUT2D eigenvalue weighted by Crippen LogP contribution is -2.36. The number of nitrogens with zero attached hydrogens (tertiary/aromatic N) is 2. The molecule has 2 atom stereocenters. The van der Waals surface area contributed by atoms with Crippen LogP contribution in [-0.2, 0) is 11.3 Å². The fourth-order valence-electron chi connectivity index (χ4n) is 2.69. The van der Waals surface area contributed by atoms with Crippen molar-refractivity contribution in [3.8, 4) is 6.01 Å². The second kappa shape index (κ2) is 7.71. The maximum absolute atomic E-state index is 5.93. The zero-order valence-electron chi connectivity index (χ0n) is 13.6. The summed E-state index contributed by atoms with van der Waals surface area (Å²) < 4.78 is 11.7. The number of rotatable bonds is 6. The van der Waals surface area contributed by atoms with Gasteiger partial charge in [-0.15, -0.1) is 0 Å². The maximum Gasteiger partial charge on any atom is 0.316 e. The second-order valence-electron chi connectivity index (χ2n) is 5.91. The van der Waals surface area contributed by atoms with E-state index in [1.807, 2.05) is 13.1 Å².